The summed E-state index contributed by atoms with van der Waals surface area (Å²) in [5.41, 5.74) is 1.17. The fourth-order valence-electron chi connectivity index (χ4n) is 2.80. The van der Waals surface area contributed by atoms with Gasteiger partial charge in [0.25, 0.3) is 0 Å². The summed E-state index contributed by atoms with van der Waals surface area (Å²) < 4.78 is 5.49. The molecule has 1 aliphatic rings. The zero-order valence-corrected chi connectivity index (χ0v) is 15.3. The van der Waals surface area contributed by atoms with Gasteiger partial charge in [0.1, 0.15) is 6.61 Å². The van der Waals surface area contributed by atoms with Crippen molar-refractivity contribution in [2.45, 2.75) is 26.3 Å². The number of carbonyl (C=O) groups excluding carboxylic acids is 1. The van der Waals surface area contributed by atoms with Crippen molar-refractivity contribution >= 4 is 23.3 Å². The van der Waals surface area contributed by atoms with Crippen LogP contribution in [0, 0.1) is 0 Å². The highest BCUT2D eigenvalue weighted by Crippen LogP contribution is 2.06. The highest BCUT2D eigenvalue weighted by atomic mass is 32.1. The predicted molar refractivity (Wildman–Crippen MR) is 100 cm³/mol. The van der Waals surface area contributed by atoms with Crippen molar-refractivity contribution in [2.75, 3.05) is 39.3 Å². The minimum Gasteiger partial charge on any atom is -0.485 e. The molecule has 1 atom stereocenters. The van der Waals surface area contributed by atoms with Crippen LogP contribution in [-0.4, -0.2) is 66.3 Å². The summed E-state index contributed by atoms with van der Waals surface area (Å²) in [5, 5.41) is 3.61. The van der Waals surface area contributed by atoms with Gasteiger partial charge in [0.05, 0.1) is 6.04 Å². The fraction of sp³-hybridized carbons (Fsp3) is 0.556. The van der Waals surface area contributed by atoms with Gasteiger partial charge in [-0.15, -0.1) is 0 Å². The maximum atomic E-state index is 12.5. The molecule has 1 N–H and O–H groups in total. The molecule has 1 aliphatic heterocycles. The minimum atomic E-state index is -0.0954. The molecular weight excluding hydrogens is 322 g/mol. The minimum absolute atomic E-state index is 0.0164. The van der Waals surface area contributed by atoms with E-state index < -0.39 is 0 Å². The number of carbonyl (C=O) groups is 1. The van der Waals surface area contributed by atoms with E-state index in [1.807, 2.05) is 23.1 Å². The molecule has 1 fully saturated rings. The number of benzene rings is 1. The second-order valence-corrected chi connectivity index (χ2v) is 6.63. The molecule has 1 unspecified atom stereocenters. The van der Waals surface area contributed by atoms with Gasteiger partial charge in [0.15, 0.2) is 5.05 Å². The topological polar surface area (TPSA) is 44.8 Å². The largest absolute Gasteiger partial charge is 0.485 e. The Hall–Kier alpha value is -1.66. The molecule has 0 saturated carbocycles. The first kappa shape index (κ1) is 18.7. The number of amides is 2. The number of hydrogen-bond donors (Lipinski definition) is 1. The third-order valence-electron chi connectivity index (χ3n) is 4.25. The van der Waals surface area contributed by atoms with E-state index in [0.29, 0.717) is 11.7 Å². The molecule has 24 heavy (non-hydrogen) atoms. The van der Waals surface area contributed by atoms with Gasteiger partial charge in [-0.1, -0.05) is 37.3 Å². The lowest BCUT2D eigenvalue weighted by Gasteiger charge is -2.35. The van der Waals surface area contributed by atoms with Crippen LogP contribution in [0.15, 0.2) is 30.3 Å². The van der Waals surface area contributed by atoms with E-state index in [4.69, 9.17) is 17.0 Å². The highest BCUT2D eigenvalue weighted by molar-refractivity contribution is 7.80. The smallest absolute Gasteiger partial charge is 0.317 e. The number of hydrogen-bond acceptors (Lipinski definition) is 4. The number of nitrogens with zero attached hydrogens (tertiary/aromatic N) is 2. The van der Waals surface area contributed by atoms with E-state index in [0.717, 1.165) is 39.1 Å². The Morgan fingerprint density at radius 2 is 1.92 bits per heavy atom. The SMILES string of the molecule is CCN1CCN(C(=O)NC(COC(C)=S)Cc2ccccc2)CC1. The van der Waals surface area contributed by atoms with E-state index in [9.17, 15) is 4.79 Å². The number of nitrogens with one attached hydrogen (secondary N) is 1. The van der Waals surface area contributed by atoms with Crippen molar-refractivity contribution in [3.05, 3.63) is 35.9 Å². The lowest BCUT2D eigenvalue weighted by Crippen LogP contribution is -2.54. The van der Waals surface area contributed by atoms with Gasteiger partial charge in [0.2, 0.25) is 0 Å². The van der Waals surface area contributed by atoms with Crippen LogP contribution < -0.4 is 5.32 Å². The Labute approximate surface area is 150 Å². The summed E-state index contributed by atoms with van der Waals surface area (Å²) in [4.78, 5) is 16.8. The summed E-state index contributed by atoms with van der Waals surface area (Å²) >= 11 is 4.99. The lowest BCUT2D eigenvalue weighted by molar-refractivity contribution is 0.137. The van der Waals surface area contributed by atoms with Crippen molar-refractivity contribution in [3.63, 3.8) is 0 Å². The van der Waals surface area contributed by atoms with Crippen LogP contribution in [0.1, 0.15) is 19.4 Å². The Bertz CT molecular complexity index is 530. The van der Waals surface area contributed by atoms with E-state index in [-0.39, 0.29) is 12.1 Å². The average molecular weight is 350 g/mol. The van der Waals surface area contributed by atoms with Crippen LogP contribution in [0.4, 0.5) is 4.79 Å². The van der Waals surface area contributed by atoms with Crippen LogP contribution in [0.5, 0.6) is 0 Å². The van der Waals surface area contributed by atoms with Crippen LogP contribution in [0.25, 0.3) is 0 Å². The summed E-state index contributed by atoms with van der Waals surface area (Å²) in [6.07, 6.45) is 0.726. The molecule has 0 bridgehead atoms. The van der Waals surface area contributed by atoms with Crippen molar-refractivity contribution in [3.8, 4) is 0 Å². The quantitative estimate of drug-likeness (QED) is 0.801. The van der Waals surface area contributed by atoms with Gasteiger partial charge >= 0.3 is 6.03 Å². The van der Waals surface area contributed by atoms with Gasteiger partial charge in [-0.3, -0.25) is 0 Å². The monoisotopic (exact) mass is 349 g/mol. The molecule has 1 aromatic carbocycles. The maximum Gasteiger partial charge on any atom is 0.317 e. The molecule has 0 aromatic heterocycles. The van der Waals surface area contributed by atoms with Crippen LogP contribution in [0.2, 0.25) is 0 Å². The Balaban J connectivity index is 1.91. The number of thiocarbonyl (C=S) groups is 1. The third-order valence-corrected chi connectivity index (χ3v) is 4.36. The summed E-state index contributed by atoms with van der Waals surface area (Å²) in [7, 11) is 0. The predicted octanol–water partition coefficient (Wildman–Crippen LogP) is 2.31. The summed E-state index contributed by atoms with van der Waals surface area (Å²) in [6, 6.07) is 10.0. The molecule has 1 aromatic rings. The highest BCUT2D eigenvalue weighted by Gasteiger charge is 2.22. The van der Waals surface area contributed by atoms with Gasteiger partial charge in [-0.05, 0) is 30.7 Å². The van der Waals surface area contributed by atoms with Crippen molar-refractivity contribution in [1.29, 1.82) is 0 Å². The van der Waals surface area contributed by atoms with Crippen LogP contribution >= 0.6 is 12.2 Å². The second kappa shape index (κ2) is 9.59. The standard InChI is InChI=1S/C18H27N3O2S/c1-3-20-9-11-21(12-10-20)18(22)19-17(14-23-15(2)24)13-16-7-5-4-6-8-16/h4-8,17H,3,9-14H2,1-2H3,(H,19,22). The molecule has 2 amide bonds. The molecule has 1 heterocycles. The lowest BCUT2D eigenvalue weighted by atomic mass is 10.1. The Morgan fingerprint density at radius 1 is 1.25 bits per heavy atom. The van der Waals surface area contributed by atoms with Gasteiger partial charge < -0.3 is 19.9 Å². The maximum absolute atomic E-state index is 12.5. The summed E-state index contributed by atoms with van der Waals surface area (Å²) in [6.45, 7) is 8.73. The first-order chi connectivity index (χ1) is 11.6. The number of urea groups is 1. The zero-order valence-electron chi connectivity index (χ0n) is 14.5. The molecule has 5 nitrogen and oxygen atoms in total. The molecule has 132 valence electrons. The van der Waals surface area contributed by atoms with Crippen molar-refractivity contribution in [2.24, 2.45) is 0 Å². The Kier molecular flexibility index (Phi) is 7.46. The number of ether oxygens (including phenoxy) is 1. The molecule has 6 heteroatoms. The second-order valence-electron chi connectivity index (χ2n) is 6.06. The molecule has 0 radical (unpaired) electrons. The molecule has 0 aliphatic carbocycles. The Morgan fingerprint density at radius 3 is 2.50 bits per heavy atom. The zero-order chi connectivity index (χ0) is 17.4. The van der Waals surface area contributed by atoms with Crippen molar-refractivity contribution in [1.82, 2.24) is 15.1 Å². The first-order valence-corrected chi connectivity index (χ1v) is 8.94. The van der Waals surface area contributed by atoms with Gasteiger partial charge in [-0.2, -0.15) is 0 Å². The molecule has 1 saturated heterocycles. The number of likely N-dealkylation sites (N-methyl/N-ethyl adjacent to an activating group) is 1. The van der Waals surface area contributed by atoms with Crippen LogP contribution in [0.3, 0.4) is 0 Å². The van der Waals surface area contributed by atoms with E-state index >= 15 is 0 Å². The number of rotatable bonds is 6. The average Bonchev–Trinajstić information content (AvgIpc) is 2.60. The number of piperazine rings is 1. The third kappa shape index (κ3) is 6.09. The summed E-state index contributed by atoms with van der Waals surface area (Å²) in [5.74, 6) is 0. The molecule has 2 rings (SSSR count). The van der Waals surface area contributed by atoms with E-state index in [2.05, 4.69) is 29.3 Å². The van der Waals surface area contributed by atoms with Crippen molar-refractivity contribution < 1.29 is 9.53 Å². The molecule has 0 spiro atoms. The normalized spacial score (nSPS) is 16.5. The van der Waals surface area contributed by atoms with Gasteiger partial charge in [0, 0.05) is 33.1 Å². The molecular formula is C18H27N3O2S. The van der Waals surface area contributed by atoms with E-state index in [1.165, 1.54) is 5.56 Å². The van der Waals surface area contributed by atoms with Gasteiger partial charge in [-0.25, -0.2) is 4.79 Å². The first-order valence-electron chi connectivity index (χ1n) is 8.53. The van der Waals surface area contributed by atoms with Crippen LogP contribution in [-0.2, 0) is 11.2 Å². The fourth-order valence-corrected chi connectivity index (χ4v) is 2.87. The van der Waals surface area contributed by atoms with E-state index in [1.54, 1.807) is 6.92 Å².